The number of nitrogens with two attached hydrogens (primary N) is 1. The molecule has 6 aromatic carbocycles. The van der Waals surface area contributed by atoms with Gasteiger partial charge in [-0.1, -0.05) is 153 Å². The highest BCUT2D eigenvalue weighted by Crippen LogP contribution is 2.41. The fourth-order valence-electron chi connectivity index (χ4n) is 6.32. The average Bonchev–Trinajstić information content (AvgIpc) is 3.11. The van der Waals surface area contributed by atoms with E-state index in [9.17, 15) is 0 Å². The lowest BCUT2D eigenvalue weighted by Gasteiger charge is -2.32. The molecule has 0 amide bonds. The maximum Gasteiger partial charge on any atom is 0.0770 e. The summed E-state index contributed by atoms with van der Waals surface area (Å²) in [4.78, 5) is 2.17. The van der Waals surface area contributed by atoms with Gasteiger partial charge in [-0.2, -0.15) is 0 Å². The lowest BCUT2D eigenvalue weighted by atomic mass is 9.88. The maximum atomic E-state index is 7.10. The van der Waals surface area contributed by atoms with Crippen LogP contribution in [0, 0.1) is 6.92 Å². The first kappa shape index (κ1) is 30.2. The lowest BCUT2D eigenvalue weighted by Crippen LogP contribution is -2.25. The monoisotopic (exact) mass is 594 g/mol. The zero-order valence-electron chi connectivity index (χ0n) is 26.4. The van der Waals surface area contributed by atoms with Crippen LogP contribution >= 0.6 is 0 Å². The first-order valence-electron chi connectivity index (χ1n) is 15.6. The van der Waals surface area contributed by atoms with Crippen LogP contribution in [0.15, 0.2) is 182 Å². The number of benzene rings is 6. The quantitative estimate of drug-likeness (QED) is 0.133. The van der Waals surface area contributed by atoms with E-state index in [1.807, 2.05) is 67.6 Å². The van der Waals surface area contributed by atoms with Gasteiger partial charge in [-0.3, -0.25) is 0 Å². The van der Waals surface area contributed by atoms with E-state index in [4.69, 9.17) is 12.3 Å². The molecule has 0 aliphatic rings. The molecule has 2 nitrogen and oxygen atoms in total. The van der Waals surface area contributed by atoms with Gasteiger partial charge in [-0.15, -0.1) is 0 Å². The SMILES string of the molecule is C=C/C=C(\C=C/C)C(=C(/N)c1ccccc1)/N(C(=C)c1cccc(-c2c3ccccc3c(C)c3ccccc23)c1)c1ccccc1. The standard InChI is InChI=1S/C44H38N2/c1-5-18-34(19-6-2)44(43(45)33-20-9-7-10-21-33)46(37-24-11-8-12-25-37)32(4)35-22-17-23-36(30-35)42-40-28-15-13-26-38(40)31(3)39-27-14-16-29-41(39)42/h5-30H,1,4,45H2,2-3H3/b19-6-,34-18+,44-43-. The van der Waals surface area contributed by atoms with Crippen LogP contribution in [-0.4, -0.2) is 0 Å². The predicted octanol–water partition coefficient (Wildman–Crippen LogP) is 11.5. The van der Waals surface area contributed by atoms with Gasteiger partial charge in [0.15, 0.2) is 0 Å². The summed E-state index contributed by atoms with van der Waals surface area (Å²) in [5.41, 5.74) is 16.8. The van der Waals surface area contributed by atoms with Gasteiger partial charge in [0, 0.05) is 17.0 Å². The van der Waals surface area contributed by atoms with Gasteiger partial charge in [0.2, 0.25) is 0 Å². The van der Waals surface area contributed by atoms with Crippen molar-refractivity contribution in [3.63, 3.8) is 0 Å². The van der Waals surface area contributed by atoms with Crippen LogP contribution in [0.1, 0.15) is 23.6 Å². The summed E-state index contributed by atoms with van der Waals surface area (Å²) in [6.07, 6.45) is 7.88. The second-order valence-electron chi connectivity index (χ2n) is 11.3. The molecule has 0 radical (unpaired) electrons. The van der Waals surface area contributed by atoms with Crippen LogP contribution in [0.2, 0.25) is 0 Å². The smallest absolute Gasteiger partial charge is 0.0770 e. The van der Waals surface area contributed by atoms with Crippen molar-refractivity contribution in [3.8, 4) is 11.1 Å². The highest BCUT2D eigenvalue weighted by Gasteiger charge is 2.23. The summed E-state index contributed by atoms with van der Waals surface area (Å²) >= 11 is 0. The third-order valence-corrected chi connectivity index (χ3v) is 8.45. The van der Waals surface area contributed by atoms with Gasteiger partial charge in [0.1, 0.15) is 0 Å². The van der Waals surface area contributed by atoms with E-state index in [0.29, 0.717) is 5.70 Å². The molecular weight excluding hydrogens is 556 g/mol. The van der Waals surface area contributed by atoms with E-state index < -0.39 is 0 Å². The Morgan fingerprint density at radius 2 is 1.22 bits per heavy atom. The number of aryl methyl sites for hydroxylation is 1. The number of para-hydroxylation sites is 1. The molecule has 0 fully saturated rings. The van der Waals surface area contributed by atoms with Crippen LogP contribution in [-0.2, 0) is 0 Å². The van der Waals surface area contributed by atoms with E-state index in [1.54, 1.807) is 6.08 Å². The van der Waals surface area contributed by atoms with Crippen molar-refractivity contribution < 1.29 is 0 Å². The topological polar surface area (TPSA) is 29.3 Å². The highest BCUT2D eigenvalue weighted by atomic mass is 15.2. The number of nitrogens with zero attached hydrogens (tertiary/aromatic N) is 1. The van der Waals surface area contributed by atoms with Gasteiger partial charge in [0.05, 0.1) is 11.4 Å². The molecule has 224 valence electrons. The Kier molecular flexibility index (Phi) is 8.80. The van der Waals surface area contributed by atoms with E-state index in [0.717, 1.165) is 39.3 Å². The Bertz CT molecular complexity index is 2090. The van der Waals surface area contributed by atoms with Gasteiger partial charge in [-0.05, 0) is 81.4 Å². The molecular formula is C44H38N2. The van der Waals surface area contributed by atoms with Crippen molar-refractivity contribution in [1.29, 1.82) is 0 Å². The van der Waals surface area contributed by atoms with Gasteiger partial charge in [-0.25, -0.2) is 0 Å². The maximum absolute atomic E-state index is 7.10. The highest BCUT2D eigenvalue weighted by molar-refractivity contribution is 6.15. The number of rotatable bonds is 9. The number of anilines is 1. The molecule has 0 aliphatic heterocycles. The molecule has 6 rings (SSSR count). The third kappa shape index (κ3) is 5.69. The third-order valence-electron chi connectivity index (χ3n) is 8.45. The summed E-state index contributed by atoms with van der Waals surface area (Å²) in [5.74, 6) is 0. The molecule has 2 N–H and O–H groups in total. The molecule has 46 heavy (non-hydrogen) atoms. The second kappa shape index (κ2) is 13.4. The predicted molar refractivity (Wildman–Crippen MR) is 200 cm³/mol. The van der Waals surface area contributed by atoms with Crippen molar-refractivity contribution in [2.45, 2.75) is 13.8 Å². The number of hydrogen-bond acceptors (Lipinski definition) is 2. The van der Waals surface area contributed by atoms with Gasteiger partial charge < -0.3 is 10.6 Å². The Morgan fingerprint density at radius 1 is 0.674 bits per heavy atom. The Morgan fingerprint density at radius 3 is 1.80 bits per heavy atom. The van der Waals surface area contributed by atoms with E-state index >= 15 is 0 Å². The summed E-state index contributed by atoms with van der Waals surface area (Å²) in [5, 5.41) is 5.00. The molecule has 0 saturated carbocycles. The molecule has 0 aliphatic carbocycles. The van der Waals surface area contributed by atoms with Crippen molar-refractivity contribution >= 4 is 38.6 Å². The fourth-order valence-corrected chi connectivity index (χ4v) is 6.32. The van der Waals surface area contributed by atoms with Crippen LogP contribution in [0.5, 0.6) is 0 Å². The van der Waals surface area contributed by atoms with Crippen molar-refractivity contribution in [2.24, 2.45) is 5.73 Å². The van der Waals surface area contributed by atoms with E-state index in [1.165, 1.54) is 32.7 Å². The second-order valence-corrected chi connectivity index (χ2v) is 11.3. The van der Waals surface area contributed by atoms with Crippen LogP contribution in [0.25, 0.3) is 44.1 Å². The zero-order chi connectivity index (χ0) is 32.0. The molecule has 0 atom stereocenters. The van der Waals surface area contributed by atoms with E-state index in [-0.39, 0.29) is 0 Å². The molecule has 0 aromatic heterocycles. The first-order chi connectivity index (χ1) is 22.5. The van der Waals surface area contributed by atoms with Crippen molar-refractivity contribution in [3.05, 3.63) is 199 Å². The summed E-state index contributed by atoms with van der Waals surface area (Å²) in [7, 11) is 0. The molecule has 0 bridgehead atoms. The minimum Gasteiger partial charge on any atom is -0.397 e. The minimum atomic E-state index is 0.642. The summed E-state index contributed by atoms with van der Waals surface area (Å²) < 4.78 is 0. The Hall–Kier alpha value is -5.86. The normalized spacial score (nSPS) is 12.3. The molecule has 2 heteroatoms. The van der Waals surface area contributed by atoms with E-state index in [2.05, 4.69) is 109 Å². The average molecular weight is 595 g/mol. The molecule has 0 heterocycles. The minimum absolute atomic E-state index is 0.642. The van der Waals surface area contributed by atoms with Crippen LogP contribution in [0.4, 0.5) is 5.69 Å². The summed E-state index contributed by atoms with van der Waals surface area (Å²) in [6.45, 7) is 13.0. The zero-order valence-corrected chi connectivity index (χ0v) is 26.4. The number of allylic oxidation sites excluding steroid dienone is 4. The van der Waals surface area contributed by atoms with Crippen molar-refractivity contribution in [2.75, 3.05) is 4.90 Å². The Labute approximate surface area is 272 Å². The molecule has 0 spiro atoms. The first-order valence-corrected chi connectivity index (χ1v) is 15.6. The molecule has 0 saturated heterocycles. The summed E-state index contributed by atoms with van der Waals surface area (Å²) in [6, 6.07) is 46.5. The van der Waals surface area contributed by atoms with Crippen LogP contribution in [0.3, 0.4) is 0 Å². The van der Waals surface area contributed by atoms with Crippen LogP contribution < -0.4 is 10.6 Å². The largest absolute Gasteiger partial charge is 0.397 e. The van der Waals surface area contributed by atoms with Crippen molar-refractivity contribution in [1.82, 2.24) is 0 Å². The molecule has 0 unspecified atom stereocenters. The number of hydrogen-bond donors (Lipinski definition) is 1. The number of fused-ring (bicyclic) bond motifs is 2. The van der Waals surface area contributed by atoms with Gasteiger partial charge in [0.25, 0.3) is 0 Å². The lowest BCUT2D eigenvalue weighted by molar-refractivity contribution is 1.18. The Balaban J connectivity index is 1.60. The fraction of sp³-hybridized carbons (Fsp3) is 0.0455. The van der Waals surface area contributed by atoms with Gasteiger partial charge >= 0.3 is 0 Å². The molecule has 6 aromatic rings.